The molecule has 1 atom stereocenters. The lowest BCUT2D eigenvalue weighted by Crippen LogP contribution is -2.19. The third-order valence-corrected chi connectivity index (χ3v) is 4.55. The lowest BCUT2D eigenvalue weighted by Gasteiger charge is -2.17. The quantitative estimate of drug-likeness (QED) is 0.768. The Balaban J connectivity index is 1.95. The van der Waals surface area contributed by atoms with Gasteiger partial charge in [-0.05, 0) is 37.0 Å². The number of hydrogen-bond acceptors (Lipinski definition) is 4. The summed E-state index contributed by atoms with van der Waals surface area (Å²) in [5.74, 6) is 0. The summed E-state index contributed by atoms with van der Waals surface area (Å²) in [7, 11) is 4.14. The molecule has 2 aromatic rings. The van der Waals surface area contributed by atoms with E-state index in [0.717, 1.165) is 19.6 Å². The molecule has 2 aromatic heterocycles. The van der Waals surface area contributed by atoms with Crippen LogP contribution in [0.1, 0.15) is 15.9 Å². The molecular formula is C14H19NOS2. The van der Waals surface area contributed by atoms with E-state index in [-0.39, 0.29) is 6.10 Å². The Hall–Kier alpha value is -0.680. The molecule has 0 aromatic carbocycles. The van der Waals surface area contributed by atoms with Crippen LogP contribution in [0.2, 0.25) is 0 Å². The van der Waals surface area contributed by atoms with Crippen molar-refractivity contribution >= 4 is 22.7 Å². The van der Waals surface area contributed by atoms with Crippen LogP contribution in [0.25, 0.3) is 0 Å². The molecule has 0 N–H and O–H groups in total. The molecule has 4 heteroatoms. The minimum atomic E-state index is 0.198. The molecule has 0 fully saturated rings. The summed E-state index contributed by atoms with van der Waals surface area (Å²) in [4.78, 5) is 4.86. The SMILES string of the molecule is CN(C)CCOC(Cc1cccs1)c1cccs1. The van der Waals surface area contributed by atoms with Gasteiger partial charge in [0.2, 0.25) is 0 Å². The first-order valence-corrected chi connectivity index (χ1v) is 7.84. The second-order valence-corrected chi connectivity index (χ2v) is 6.47. The van der Waals surface area contributed by atoms with Crippen molar-refractivity contribution in [1.82, 2.24) is 4.90 Å². The fourth-order valence-electron chi connectivity index (χ4n) is 1.71. The van der Waals surface area contributed by atoms with Crippen molar-refractivity contribution in [2.45, 2.75) is 12.5 Å². The van der Waals surface area contributed by atoms with E-state index in [1.54, 1.807) is 22.7 Å². The third-order valence-electron chi connectivity index (χ3n) is 2.68. The highest BCUT2D eigenvalue weighted by Gasteiger charge is 2.14. The fourth-order valence-corrected chi connectivity index (χ4v) is 3.22. The van der Waals surface area contributed by atoms with Crippen LogP contribution in [-0.4, -0.2) is 32.1 Å². The average molecular weight is 281 g/mol. The molecule has 0 aliphatic heterocycles. The number of nitrogens with zero attached hydrogens (tertiary/aromatic N) is 1. The average Bonchev–Trinajstić information content (AvgIpc) is 3.00. The third kappa shape index (κ3) is 4.21. The zero-order valence-corrected chi connectivity index (χ0v) is 12.5. The van der Waals surface area contributed by atoms with Gasteiger partial charge in [0.15, 0.2) is 0 Å². The van der Waals surface area contributed by atoms with Gasteiger partial charge in [0.1, 0.15) is 0 Å². The van der Waals surface area contributed by atoms with E-state index in [1.165, 1.54) is 9.75 Å². The fraction of sp³-hybridized carbons (Fsp3) is 0.429. The molecule has 1 unspecified atom stereocenters. The van der Waals surface area contributed by atoms with Crippen molar-refractivity contribution in [2.24, 2.45) is 0 Å². The van der Waals surface area contributed by atoms with Crippen molar-refractivity contribution in [2.75, 3.05) is 27.2 Å². The van der Waals surface area contributed by atoms with E-state index < -0.39 is 0 Å². The van der Waals surface area contributed by atoms with E-state index in [4.69, 9.17) is 4.74 Å². The molecule has 0 aliphatic rings. The Labute approximate surface area is 117 Å². The Bertz CT molecular complexity index is 423. The topological polar surface area (TPSA) is 12.5 Å². The molecule has 2 rings (SSSR count). The molecule has 18 heavy (non-hydrogen) atoms. The van der Waals surface area contributed by atoms with Gasteiger partial charge in [-0.25, -0.2) is 0 Å². The monoisotopic (exact) mass is 281 g/mol. The normalized spacial score (nSPS) is 13.1. The molecule has 0 radical (unpaired) electrons. The molecule has 0 amide bonds. The molecule has 98 valence electrons. The van der Waals surface area contributed by atoms with Gasteiger partial charge in [0, 0.05) is 22.7 Å². The smallest absolute Gasteiger partial charge is 0.0965 e. The Kier molecular flexibility index (Phi) is 5.38. The highest BCUT2D eigenvalue weighted by Crippen LogP contribution is 2.27. The first-order valence-electron chi connectivity index (χ1n) is 6.08. The number of rotatable bonds is 7. The Morgan fingerprint density at radius 2 is 1.94 bits per heavy atom. The van der Waals surface area contributed by atoms with E-state index in [1.807, 2.05) is 0 Å². The first-order chi connectivity index (χ1) is 8.75. The van der Waals surface area contributed by atoms with E-state index in [0.29, 0.717) is 0 Å². The number of likely N-dealkylation sites (N-methyl/N-ethyl adjacent to an activating group) is 1. The van der Waals surface area contributed by atoms with Crippen molar-refractivity contribution in [1.29, 1.82) is 0 Å². The summed E-state index contributed by atoms with van der Waals surface area (Å²) in [6.45, 7) is 1.74. The predicted molar refractivity (Wildman–Crippen MR) is 79.6 cm³/mol. The van der Waals surface area contributed by atoms with Crippen LogP contribution in [0, 0.1) is 0 Å². The zero-order chi connectivity index (χ0) is 12.8. The van der Waals surface area contributed by atoms with Crippen LogP contribution in [0.5, 0.6) is 0 Å². The molecule has 0 aliphatic carbocycles. The minimum absolute atomic E-state index is 0.198. The van der Waals surface area contributed by atoms with Gasteiger partial charge in [-0.2, -0.15) is 0 Å². The lowest BCUT2D eigenvalue weighted by molar-refractivity contribution is 0.0464. The minimum Gasteiger partial charge on any atom is -0.371 e. The standard InChI is InChI=1S/C14H19NOS2/c1-15(2)7-8-16-13(14-6-4-10-18-14)11-12-5-3-9-17-12/h3-6,9-10,13H,7-8,11H2,1-2H3. The van der Waals surface area contributed by atoms with Crippen LogP contribution in [0.3, 0.4) is 0 Å². The first kappa shape index (κ1) is 13.7. The van der Waals surface area contributed by atoms with Crippen LogP contribution in [-0.2, 0) is 11.2 Å². The lowest BCUT2D eigenvalue weighted by atomic mass is 10.2. The maximum atomic E-state index is 6.05. The van der Waals surface area contributed by atoms with Crippen LogP contribution < -0.4 is 0 Å². The predicted octanol–water partition coefficient (Wildman–Crippen LogP) is 3.67. The largest absolute Gasteiger partial charge is 0.371 e. The molecule has 0 saturated heterocycles. The molecule has 0 bridgehead atoms. The van der Waals surface area contributed by atoms with E-state index >= 15 is 0 Å². The molecule has 0 saturated carbocycles. The summed E-state index contributed by atoms with van der Waals surface area (Å²) in [5, 5.41) is 4.24. The number of ether oxygens (including phenoxy) is 1. The summed E-state index contributed by atoms with van der Waals surface area (Å²) in [6, 6.07) is 8.54. The number of hydrogen-bond donors (Lipinski definition) is 0. The van der Waals surface area contributed by atoms with Crippen molar-refractivity contribution in [3.63, 3.8) is 0 Å². The highest BCUT2D eigenvalue weighted by atomic mass is 32.1. The van der Waals surface area contributed by atoms with Gasteiger partial charge < -0.3 is 9.64 Å². The van der Waals surface area contributed by atoms with Crippen molar-refractivity contribution in [3.05, 3.63) is 44.8 Å². The molecule has 2 nitrogen and oxygen atoms in total. The second-order valence-electron chi connectivity index (χ2n) is 4.46. The second kappa shape index (κ2) is 7.04. The zero-order valence-electron chi connectivity index (χ0n) is 10.8. The summed E-state index contributed by atoms with van der Waals surface area (Å²) in [6.07, 6.45) is 1.18. The molecule has 0 spiro atoms. The number of thiophene rings is 2. The molecular weight excluding hydrogens is 262 g/mol. The van der Waals surface area contributed by atoms with Gasteiger partial charge in [-0.1, -0.05) is 12.1 Å². The van der Waals surface area contributed by atoms with E-state index in [2.05, 4.69) is 54.0 Å². The van der Waals surface area contributed by atoms with Gasteiger partial charge in [-0.3, -0.25) is 0 Å². The van der Waals surface area contributed by atoms with Gasteiger partial charge in [0.25, 0.3) is 0 Å². The van der Waals surface area contributed by atoms with Gasteiger partial charge in [0.05, 0.1) is 12.7 Å². The van der Waals surface area contributed by atoms with Crippen LogP contribution >= 0.6 is 22.7 Å². The van der Waals surface area contributed by atoms with Crippen molar-refractivity contribution < 1.29 is 4.74 Å². The van der Waals surface area contributed by atoms with Gasteiger partial charge in [-0.15, -0.1) is 22.7 Å². The maximum absolute atomic E-state index is 6.05. The Morgan fingerprint density at radius 3 is 2.56 bits per heavy atom. The van der Waals surface area contributed by atoms with Crippen LogP contribution in [0.4, 0.5) is 0 Å². The maximum Gasteiger partial charge on any atom is 0.0965 e. The van der Waals surface area contributed by atoms with E-state index in [9.17, 15) is 0 Å². The van der Waals surface area contributed by atoms with Gasteiger partial charge >= 0.3 is 0 Å². The summed E-state index contributed by atoms with van der Waals surface area (Å²) < 4.78 is 6.05. The van der Waals surface area contributed by atoms with Crippen molar-refractivity contribution in [3.8, 4) is 0 Å². The summed E-state index contributed by atoms with van der Waals surface area (Å²) in [5.41, 5.74) is 0. The van der Waals surface area contributed by atoms with Crippen LogP contribution in [0.15, 0.2) is 35.0 Å². The highest BCUT2D eigenvalue weighted by molar-refractivity contribution is 7.10. The Morgan fingerprint density at radius 1 is 1.17 bits per heavy atom. The summed E-state index contributed by atoms with van der Waals surface area (Å²) >= 11 is 3.58. The molecule has 2 heterocycles.